The van der Waals surface area contributed by atoms with Crippen molar-refractivity contribution in [2.75, 3.05) is 31.1 Å². The van der Waals surface area contributed by atoms with Gasteiger partial charge in [-0.3, -0.25) is 4.79 Å². The SMILES string of the molecule is O=C(c1cc(-c2ccc(Cl)cc2)nc2ccccc12)N1CCN(c2ccccc2)CC1. The quantitative estimate of drug-likeness (QED) is 0.432. The highest BCUT2D eigenvalue weighted by Crippen LogP contribution is 2.27. The number of halogens is 1. The van der Waals surface area contributed by atoms with Gasteiger partial charge in [-0.2, -0.15) is 0 Å². The van der Waals surface area contributed by atoms with E-state index in [1.807, 2.05) is 77.7 Å². The summed E-state index contributed by atoms with van der Waals surface area (Å²) in [6.45, 7) is 3.03. The van der Waals surface area contributed by atoms with Crippen LogP contribution < -0.4 is 4.90 Å². The first-order valence-corrected chi connectivity index (χ1v) is 10.8. The summed E-state index contributed by atoms with van der Waals surface area (Å²) in [5.74, 6) is 0.0570. The number of piperazine rings is 1. The van der Waals surface area contributed by atoms with Crippen LogP contribution in [-0.2, 0) is 0 Å². The van der Waals surface area contributed by atoms with E-state index in [1.54, 1.807) is 0 Å². The molecule has 154 valence electrons. The maximum absolute atomic E-state index is 13.6. The van der Waals surface area contributed by atoms with Crippen LogP contribution in [0.2, 0.25) is 5.02 Å². The molecule has 31 heavy (non-hydrogen) atoms. The predicted molar refractivity (Wildman–Crippen MR) is 127 cm³/mol. The van der Waals surface area contributed by atoms with Gasteiger partial charge in [-0.1, -0.05) is 60.1 Å². The van der Waals surface area contributed by atoms with Gasteiger partial charge in [0.2, 0.25) is 0 Å². The summed E-state index contributed by atoms with van der Waals surface area (Å²) >= 11 is 6.05. The number of benzene rings is 3. The van der Waals surface area contributed by atoms with E-state index >= 15 is 0 Å². The third-order valence-electron chi connectivity index (χ3n) is 5.77. The molecular weight excluding hydrogens is 406 g/mol. The fourth-order valence-corrected chi connectivity index (χ4v) is 4.22. The number of carbonyl (C=O) groups excluding carboxylic acids is 1. The first-order valence-electron chi connectivity index (χ1n) is 10.4. The molecule has 0 spiro atoms. The number of aromatic nitrogens is 1. The maximum Gasteiger partial charge on any atom is 0.254 e. The molecule has 1 amide bonds. The Bertz CT molecular complexity index is 1220. The molecule has 0 aliphatic carbocycles. The van der Waals surface area contributed by atoms with Crippen LogP contribution in [0.15, 0.2) is 84.9 Å². The Kier molecular flexibility index (Phi) is 5.31. The monoisotopic (exact) mass is 427 g/mol. The lowest BCUT2D eigenvalue weighted by Crippen LogP contribution is -2.48. The molecule has 0 unspecified atom stereocenters. The molecule has 1 fully saturated rings. The van der Waals surface area contributed by atoms with Crippen molar-refractivity contribution in [3.8, 4) is 11.3 Å². The zero-order valence-electron chi connectivity index (χ0n) is 17.0. The molecule has 1 aromatic heterocycles. The molecule has 0 bridgehead atoms. The molecule has 1 aliphatic heterocycles. The van der Waals surface area contributed by atoms with Crippen LogP contribution in [0.5, 0.6) is 0 Å². The highest BCUT2D eigenvalue weighted by atomic mass is 35.5. The average molecular weight is 428 g/mol. The van der Waals surface area contributed by atoms with Gasteiger partial charge in [-0.15, -0.1) is 0 Å². The zero-order valence-corrected chi connectivity index (χ0v) is 17.8. The number of fused-ring (bicyclic) bond motifs is 1. The molecule has 4 aromatic rings. The Labute approximate surface area is 186 Å². The van der Waals surface area contributed by atoms with Crippen molar-refractivity contribution in [3.05, 3.63) is 95.5 Å². The van der Waals surface area contributed by atoms with Crippen molar-refractivity contribution >= 4 is 34.1 Å². The van der Waals surface area contributed by atoms with Gasteiger partial charge < -0.3 is 9.80 Å². The van der Waals surface area contributed by atoms with Gasteiger partial charge in [0.05, 0.1) is 16.8 Å². The average Bonchev–Trinajstić information content (AvgIpc) is 2.84. The van der Waals surface area contributed by atoms with Gasteiger partial charge in [-0.25, -0.2) is 4.98 Å². The van der Waals surface area contributed by atoms with Crippen molar-refractivity contribution < 1.29 is 4.79 Å². The number of carbonyl (C=O) groups is 1. The molecule has 0 atom stereocenters. The van der Waals surface area contributed by atoms with E-state index in [1.165, 1.54) is 5.69 Å². The van der Waals surface area contributed by atoms with Crippen LogP contribution >= 0.6 is 11.6 Å². The molecule has 0 saturated carbocycles. The number of rotatable bonds is 3. The van der Waals surface area contributed by atoms with E-state index in [0.29, 0.717) is 23.7 Å². The lowest BCUT2D eigenvalue weighted by Gasteiger charge is -2.36. The lowest BCUT2D eigenvalue weighted by atomic mass is 10.0. The van der Waals surface area contributed by atoms with E-state index in [9.17, 15) is 4.79 Å². The number of nitrogens with zero attached hydrogens (tertiary/aromatic N) is 3. The smallest absolute Gasteiger partial charge is 0.254 e. The minimum absolute atomic E-state index is 0.0570. The first-order chi connectivity index (χ1) is 15.2. The van der Waals surface area contributed by atoms with Gasteiger partial charge in [0, 0.05) is 47.8 Å². The number of anilines is 1. The molecule has 5 heteroatoms. The lowest BCUT2D eigenvalue weighted by molar-refractivity contribution is 0.0748. The van der Waals surface area contributed by atoms with Crippen LogP contribution in [0.4, 0.5) is 5.69 Å². The number of amides is 1. The highest BCUT2D eigenvalue weighted by molar-refractivity contribution is 6.30. The molecule has 5 rings (SSSR count). The molecule has 4 nitrogen and oxygen atoms in total. The largest absolute Gasteiger partial charge is 0.368 e. The van der Waals surface area contributed by atoms with Gasteiger partial charge in [0.1, 0.15) is 0 Å². The number of pyridine rings is 1. The standard InChI is InChI=1S/C26H22ClN3O/c27-20-12-10-19(11-13-20)25-18-23(22-8-4-5-9-24(22)28-25)26(31)30-16-14-29(15-17-30)21-6-2-1-3-7-21/h1-13,18H,14-17H2. The van der Waals surface area contributed by atoms with Crippen molar-refractivity contribution in [2.45, 2.75) is 0 Å². The Balaban J connectivity index is 1.45. The van der Waals surface area contributed by atoms with Crippen molar-refractivity contribution in [3.63, 3.8) is 0 Å². The van der Waals surface area contributed by atoms with Gasteiger partial charge in [0.15, 0.2) is 0 Å². The normalized spacial score (nSPS) is 14.1. The van der Waals surface area contributed by atoms with E-state index in [4.69, 9.17) is 16.6 Å². The number of para-hydroxylation sites is 2. The van der Waals surface area contributed by atoms with Crippen LogP contribution in [0, 0.1) is 0 Å². The van der Waals surface area contributed by atoms with Gasteiger partial charge in [-0.05, 0) is 36.4 Å². The minimum atomic E-state index is 0.0570. The number of hydrogen-bond donors (Lipinski definition) is 0. The highest BCUT2D eigenvalue weighted by Gasteiger charge is 2.24. The summed E-state index contributed by atoms with van der Waals surface area (Å²) in [5, 5.41) is 1.56. The Hall–Kier alpha value is -3.37. The third-order valence-corrected chi connectivity index (χ3v) is 6.03. The van der Waals surface area contributed by atoms with Crippen LogP contribution in [0.1, 0.15) is 10.4 Å². The number of hydrogen-bond acceptors (Lipinski definition) is 3. The van der Waals surface area contributed by atoms with Crippen molar-refractivity contribution in [1.29, 1.82) is 0 Å². The van der Waals surface area contributed by atoms with Gasteiger partial charge in [0.25, 0.3) is 5.91 Å². The summed E-state index contributed by atoms with van der Waals surface area (Å²) in [6.07, 6.45) is 0. The fraction of sp³-hybridized carbons (Fsp3) is 0.154. The molecule has 1 saturated heterocycles. The summed E-state index contributed by atoms with van der Waals surface area (Å²) in [4.78, 5) is 22.6. The fourth-order valence-electron chi connectivity index (χ4n) is 4.10. The van der Waals surface area contributed by atoms with Crippen molar-refractivity contribution in [2.24, 2.45) is 0 Å². The first kappa shape index (κ1) is 19.6. The predicted octanol–water partition coefficient (Wildman–Crippen LogP) is 5.52. The van der Waals surface area contributed by atoms with Crippen LogP contribution in [0.25, 0.3) is 22.2 Å². The third kappa shape index (κ3) is 3.99. The summed E-state index contributed by atoms with van der Waals surface area (Å²) < 4.78 is 0. The molecule has 0 radical (unpaired) electrons. The molecule has 2 heterocycles. The second kappa shape index (κ2) is 8.40. The Morgan fingerprint density at radius 2 is 1.48 bits per heavy atom. The summed E-state index contributed by atoms with van der Waals surface area (Å²) in [5.41, 5.74) is 4.44. The summed E-state index contributed by atoms with van der Waals surface area (Å²) in [6, 6.07) is 27.7. The van der Waals surface area contributed by atoms with Gasteiger partial charge >= 0.3 is 0 Å². The van der Waals surface area contributed by atoms with E-state index in [0.717, 1.165) is 35.2 Å². The Morgan fingerprint density at radius 3 is 2.23 bits per heavy atom. The maximum atomic E-state index is 13.6. The molecule has 1 aliphatic rings. The minimum Gasteiger partial charge on any atom is -0.368 e. The van der Waals surface area contributed by atoms with Crippen LogP contribution in [-0.4, -0.2) is 42.0 Å². The summed E-state index contributed by atoms with van der Waals surface area (Å²) in [7, 11) is 0. The topological polar surface area (TPSA) is 36.4 Å². The molecular formula is C26H22ClN3O. The van der Waals surface area contributed by atoms with E-state index < -0.39 is 0 Å². The second-order valence-electron chi connectivity index (χ2n) is 7.69. The van der Waals surface area contributed by atoms with E-state index in [2.05, 4.69) is 17.0 Å². The second-order valence-corrected chi connectivity index (χ2v) is 8.13. The van der Waals surface area contributed by atoms with E-state index in [-0.39, 0.29) is 5.91 Å². The Morgan fingerprint density at radius 1 is 0.806 bits per heavy atom. The molecule has 3 aromatic carbocycles. The van der Waals surface area contributed by atoms with Crippen LogP contribution in [0.3, 0.4) is 0 Å². The molecule has 0 N–H and O–H groups in total. The zero-order chi connectivity index (χ0) is 21.2. The van der Waals surface area contributed by atoms with Crippen molar-refractivity contribution in [1.82, 2.24) is 9.88 Å².